The highest BCUT2D eigenvalue weighted by Crippen LogP contribution is 2.23. The molecule has 0 saturated heterocycles. The van der Waals surface area contributed by atoms with E-state index in [0.717, 1.165) is 12.1 Å². The summed E-state index contributed by atoms with van der Waals surface area (Å²) in [6, 6.07) is 3.60. The fourth-order valence-electron chi connectivity index (χ4n) is 1.37. The second kappa shape index (κ2) is 4.94. The zero-order valence-corrected chi connectivity index (χ0v) is 9.93. The summed E-state index contributed by atoms with van der Waals surface area (Å²) in [5.74, 6) is -1.80. The van der Waals surface area contributed by atoms with Gasteiger partial charge in [0.15, 0.2) is 11.6 Å². The monoisotopic (exact) mass is 274 g/mol. The van der Waals surface area contributed by atoms with Gasteiger partial charge in [0, 0.05) is 12.0 Å². The Balaban J connectivity index is 2.35. The minimum atomic E-state index is -0.911. The lowest BCUT2D eigenvalue weighted by Gasteiger charge is -2.05. The molecule has 0 atom stereocenters. The van der Waals surface area contributed by atoms with Crippen molar-refractivity contribution in [1.82, 2.24) is 9.97 Å². The van der Waals surface area contributed by atoms with Gasteiger partial charge in [-0.25, -0.2) is 18.7 Å². The molecule has 0 saturated carbocycles. The second-order valence-electron chi connectivity index (χ2n) is 3.36. The van der Waals surface area contributed by atoms with E-state index in [1.807, 2.05) is 0 Å². The zero-order chi connectivity index (χ0) is 12.4. The molecule has 88 valence electrons. The van der Waals surface area contributed by atoms with Gasteiger partial charge in [-0.2, -0.15) is 0 Å². The third kappa shape index (κ3) is 2.70. The molecule has 0 fully saturated rings. The van der Waals surface area contributed by atoms with Crippen molar-refractivity contribution in [2.24, 2.45) is 0 Å². The predicted octanol–water partition coefficient (Wildman–Crippen LogP) is 3.65. The zero-order valence-electron chi connectivity index (χ0n) is 8.42. The summed E-state index contributed by atoms with van der Waals surface area (Å²) >= 11 is 11.7. The first kappa shape index (κ1) is 12.2. The van der Waals surface area contributed by atoms with Gasteiger partial charge in [0.1, 0.15) is 16.6 Å². The number of hydrogen-bond acceptors (Lipinski definition) is 2. The Labute approximate surface area is 106 Å². The molecule has 6 heteroatoms. The molecular formula is C11H6Cl2F2N2. The number of rotatable bonds is 2. The molecule has 0 aliphatic rings. The van der Waals surface area contributed by atoms with E-state index in [4.69, 9.17) is 23.2 Å². The van der Waals surface area contributed by atoms with Crippen LogP contribution < -0.4 is 0 Å². The summed E-state index contributed by atoms with van der Waals surface area (Å²) < 4.78 is 25.8. The molecule has 0 N–H and O–H groups in total. The van der Waals surface area contributed by atoms with Crippen molar-refractivity contribution in [3.8, 4) is 0 Å². The molecule has 0 bridgehead atoms. The molecule has 17 heavy (non-hydrogen) atoms. The Bertz CT molecular complexity index is 541. The fourth-order valence-corrected chi connectivity index (χ4v) is 1.82. The fraction of sp³-hybridized carbons (Fsp3) is 0.0909. The lowest BCUT2D eigenvalue weighted by molar-refractivity contribution is 0.507. The third-order valence-corrected chi connectivity index (χ3v) is 2.86. The predicted molar refractivity (Wildman–Crippen MR) is 61.2 cm³/mol. The first-order valence-electron chi connectivity index (χ1n) is 4.66. The molecule has 2 aromatic rings. The van der Waals surface area contributed by atoms with Crippen LogP contribution in [0.25, 0.3) is 0 Å². The number of benzene rings is 1. The largest absolute Gasteiger partial charge is 0.224 e. The lowest BCUT2D eigenvalue weighted by Crippen LogP contribution is -1.96. The molecule has 2 rings (SSSR count). The molecular weight excluding hydrogens is 269 g/mol. The van der Waals surface area contributed by atoms with Crippen LogP contribution >= 0.6 is 23.2 Å². The van der Waals surface area contributed by atoms with Crippen molar-refractivity contribution >= 4 is 23.2 Å². The minimum absolute atomic E-state index is 0.203. The highest BCUT2D eigenvalue weighted by atomic mass is 35.5. The van der Waals surface area contributed by atoms with Crippen molar-refractivity contribution in [2.75, 3.05) is 0 Å². The van der Waals surface area contributed by atoms with Crippen molar-refractivity contribution in [3.05, 3.63) is 57.6 Å². The molecule has 2 nitrogen and oxygen atoms in total. The number of halogens is 4. The van der Waals surface area contributed by atoms with E-state index in [1.54, 1.807) is 0 Å². The van der Waals surface area contributed by atoms with Crippen LogP contribution in [0.4, 0.5) is 8.78 Å². The molecule has 1 heterocycles. The molecule has 1 aromatic heterocycles. The summed E-state index contributed by atoms with van der Waals surface area (Å²) in [6.07, 6.45) is 1.48. The molecule has 0 aliphatic heterocycles. The lowest BCUT2D eigenvalue weighted by atomic mass is 10.1. The van der Waals surface area contributed by atoms with Crippen molar-refractivity contribution < 1.29 is 8.78 Å². The van der Waals surface area contributed by atoms with Gasteiger partial charge < -0.3 is 0 Å². The van der Waals surface area contributed by atoms with E-state index in [1.165, 1.54) is 12.4 Å². The average molecular weight is 275 g/mol. The quantitative estimate of drug-likeness (QED) is 0.782. The first-order chi connectivity index (χ1) is 8.08. The van der Waals surface area contributed by atoms with Crippen LogP contribution in [-0.4, -0.2) is 9.97 Å². The Morgan fingerprint density at radius 2 is 1.65 bits per heavy atom. The standard InChI is InChI=1S/C11H6Cl2F2N2/c12-10-7(11(13)17-5-16-10)3-6-1-2-8(14)9(15)4-6/h1-2,4-5H,3H2. The van der Waals surface area contributed by atoms with E-state index >= 15 is 0 Å². The van der Waals surface area contributed by atoms with Crippen molar-refractivity contribution in [1.29, 1.82) is 0 Å². The Kier molecular flexibility index (Phi) is 3.54. The Morgan fingerprint density at radius 3 is 2.24 bits per heavy atom. The molecule has 0 unspecified atom stereocenters. The summed E-state index contributed by atoms with van der Waals surface area (Å²) in [5.41, 5.74) is 1.03. The van der Waals surface area contributed by atoms with Crippen molar-refractivity contribution in [2.45, 2.75) is 6.42 Å². The van der Waals surface area contributed by atoms with Crippen molar-refractivity contribution in [3.63, 3.8) is 0 Å². The summed E-state index contributed by atoms with van der Waals surface area (Å²) in [6.45, 7) is 0. The Hall–Kier alpha value is -1.26. The number of hydrogen-bond donors (Lipinski definition) is 0. The van der Waals surface area contributed by atoms with Gasteiger partial charge in [-0.05, 0) is 17.7 Å². The van der Waals surface area contributed by atoms with Crippen LogP contribution in [0.5, 0.6) is 0 Å². The van der Waals surface area contributed by atoms with Crippen LogP contribution in [0.2, 0.25) is 10.3 Å². The van der Waals surface area contributed by atoms with Crippen LogP contribution in [-0.2, 0) is 6.42 Å². The Morgan fingerprint density at radius 1 is 1.00 bits per heavy atom. The third-order valence-electron chi connectivity index (χ3n) is 2.21. The maximum absolute atomic E-state index is 13.0. The summed E-state index contributed by atoms with van der Waals surface area (Å²) in [5, 5.41) is 0.407. The molecule has 1 aromatic carbocycles. The molecule has 0 amide bonds. The van der Waals surface area contributed by atoms with Crippen LogP contribution in [0.15, 0.2) is 24.5 Å². The van der Waals surface area contributed by atoms with E-state index in [9.17, 15) is 8.78 Å². The van der Waals surface area contributed by atoms with Gasteiger partial charge >= 0.3 is 0 Å². The highest BCUT2D eigenvalue weighted by Gasteiger charge is 2.10. The summed E-state index contributed by atoms with van der Waals surface area (Å²) in [4.78, 5) is 7.56. The maximum atomic E-state index is 13.0. The van der Waals surface area contributed by atoms with Gasteiger partial charge in [0.05, 0.1) is 0 Å². The maximum Gasteiger partial charge on any atom is 0.159 e. The minimum Gasteiger partial charge on any atom is -0.224 e. The van der Waals surface area contributed by atoms with Crippen LogP contribution in [0, 0.1) is 11.6 Å². The highest BCUT2D eigenvalue weighted by molar-refractivity contribution is 6.34. The topological polar surface area (TPSA) is 25.8 Å². The molecule has 0 spiro atoms. The second-order valence-corrected chi connectivity index (χ2v) is 4.08. The van der Waals surface area contributed by atoms with Crippen LogP contribution in [0.3, 0.4) is 0 Å². The summed E-state index contributed by atoms with van der Waals surface area (Å²) in [7, 11) is 0. The normalized spacial score (nSPS) is 10.6. The van der Waals surface area contributed by atoms with E-state index in [2.05, 4.69) is 9.97 Å². The van der Waals surface area contributed by atoms with E-state index in [-0.39, 0.29) is 16.7 Å². The van der Waals surface area contributed by atoms with Gasteiger partial charge in [-0.15, -0.1) is 0 Å². The smallest absolute Gasteiger partial charge is 0.159 e. The van der Waals surface area contributed by atoms with Gasteiger partial charge in [0.25, 0.3) is 0 Å². The molecule has 0 aliphatic carbocycles. The van der Waals surface area contributed by atoms with Crippen LogP contribution in [0.1, 0.15) is 11.1 Å². The number of nitrogens with zero attached hydrogens (tertiary/aromatic N) is 2. The first-order valence-corrected chi connectivity index (χ1v) is 5.42. The van der Waals surface area contributed by atoms with E-state index < -0.39 is 11.6 Å². The number of aromatic nitrogens is 2. The van der Waals surface area contributed by atoms with E-state index in [0.29, 0.717) is 11.1 Å². The van der Waals surface area contributed by atoms with Gasteiger partial charge in [0.2, 0.25) is 0 Å². The average Bonchev–Trinajstić information content (AvgIpc) is 2.28. The van der Waals surface area contributed by atoms with Gasteiger partial charge in [-0.1, -0.05) is 29.3 Å². The van der Waals surface area contributed by atoms with Gasteiger partial charge in [-0.3, -0.25) is 0 Å². The molecule has 0 radical (unpaired) electrons. The SMILES string of the molecule is Fc1ccc(Cc2c(Cl)ncnc2Cl)cc1F.